The van der Waals surface area contributed by atoms with Gasteiger partial charge in [-0.3, -0.25) is 9.59 Å². The Morgan fingerprint density at radius 2 is 1.75 bits per heavy atom. The van der Waals surface area contributed by atoms with Crippen molar-refractivity contribution >= 4 is 89.6 Å². The molecule has 11 heteroatoms. The highest BCUT2D eigenvalue weighted by Crippen LogP contribution is 2.47. The monoisotopic (exact) mass is 704 g/mol. The molecule has 0 radical (unpaired) electrons. The Bertz CT molecular complexity index is 1260. The molecule has 0 amide bonds. The molecule has 2 heterocycles. The fourth-order valence-electron chi connectivity index (χ4n) is 4.72. The van der Waals surface area contributed by atoms with Crippen molar-refractivity contribution < 1.29 is 14.7 Å². The first-order chi connectivity index (χ1) is 16.0. The second-order valence-electron chi connectivity index (χ2n) is 8.94. The zero-order valence-corrected chi connectivity index (χ0v) is 26.0. The van der Waals surface area contributed by atoms with Crippen molar-refractivity contribution in [3.63, 3.8) is 0 Å². The molecule has 7 nitrogen and oxygen atoms in total. The average Bonchev–Trinajstić information content (AvgIpc) is 3.47. The van der Waals surface area contributed by atoms with Crippen molar-refractivity contribution in [2.24, 2.45) is 0 Å². The van der Waals surface area contributed by atoms with Crippen LogP contribution in [0.1, 0.15) is 43.8 Å². The normalized spacial score (nSPS) is 16.1. The predicted octanol–water partition coefficient (Wildman–Crippen LogP) is 4.54. The molecule has 5 rings (SSSR count). The van der Waals surface area contributed by atoms with Crippen LogP contribution in [0.15, 0.2) is 29.6 Å². The highest BCUT2D eigenvalue weighted by atomic mass is 79.9. The molecule has 0 spiro atoms. The van der Waals surface area contributed by atoms with Crippen LogP contribution in [0.25, 0.3) is 10.1 Å². The molecule has 0 bridgehead atoms. The molecule has 1 unspecified atom stereocenters. The fraction of sp³-hybridized carbons (Fsp3) is 0.360. The Balaban J connectivity index is 0.00000152. The number of rotatable bonds is 7. The summed E-state index contributed by atoms with van der Waals surface area (Å²) in [7, 11) is 3.98. The number of nitrogens with zero attached hydrogens (tertiary/aromatic N) is 1. The van der Waals surface area contributed by atoms with Gasteiger partial charge in [-0.25, -0.2) is 0 Å². The molecule has 1 aliphatic heterocycles. The van der Waals surface area contributed by atoms with Crippen LogP contribution in [-0.4, -0.2) is 67.9 Å². The number of anilines is 1. The maximum Gasteiger partial charge on any atom is 0.198 e. The van der Waals surface area contributed by atoms with Crippen LogP contribution in [0, 0.1) is 0 Å². The number of hydrogen-bond acceptors (Lipinski definition) is 8. The van der Waals surface area contributed by atoms with E-state index in [9.17, 15) is 14.7 Å². The molecule has 196 valence electrons. The van der Waals surface area contributed by atoms with E-state index in [-0.39, 0.29) is 79.4 Å². The van der Waals surface area contributed by atoms with Crippen LogP contribution in [-0.2, 0) is 6.54 Å². The van der Waals surface area contributed by atoms with Crippen molar-refractivity contribution in [1.29, 1.82) is 0 Å². The number of fused-ring (bicyclic) bond motifs is 3. The first-order valence-corrected chi connectivity index (χ1v) is 12.2. The van der Waals surface area contributed by atoms with Crippen LogP contribution >= 0.6 is 62.3 Å². The Kier molecular flexibility index (Phi) is 11.1. The Morgan fingerprint density at radius 3 is 2.36 bits per heavy atom. The first kappa shape index (κ1) is 30.9. The summed E-state index contributed by atoms with van der Waals surface area (Å²) < 4.78 is 0.642. The third kappa shape index (κ3) is 5.57. The van der Waals surface area contributed by atoms with E-state index in [1.807, 2.05) is 19.5 Å². The summed E-state index contributed by atoms with van der Waals surface area (Å²) in [5, 5.41) is 24.5. The van der Waals surface area contributed by atoms with Crippen LogP contribution in [0.2, 0.25) is 0 Å². The summed E-state index contributed by atoms with van der Waals surface area (Å²) >= 11 is 1.41. The molecule has 3 aromatic rings. The maximum absolute atomic E-state index is 13.6. The van der Waals surface area contributed by atoms with E-state index in [2.05, 4.69) is 20.9 Å². The minimum Gasteiger partial charge on any atom is -0.506 e. The standard InChI is InChI=1S/C25H28N4O3S.3BrH/c1-29(2)10-9-27-21-18-14(11-28-15-7-8-26-12-15)13-33-25(18)24(32)20-19(21)22(30)16-5-3-4-6-17(16)23(20)31;;;/h3-6,13,15,26-28,32H,7-12H2,1-2H3;3*1H. The summed E-state index contributed by atoms with van der Waals surface area (Å²) in [6.07, 6.45) is 1.07. The van der Waals surface area contributed by atoms with Gasteiger partial charge in [0.25, 0.3) is 0 Å². The number of likely N-dealkylation sites (N-methyl/N-ethyl adjacent to an activating group) is 1. The zero-order chi connectivity index (χ0) is 23.1. The topological polar surface area (TPSA) is 93.7 Å². The SMILES string of the molecule is Br.Br.Br.CN(C)CCNc1c2c(c(O)c3scc(CNC4CCNC4)c13)C(=O)c1ccccc1C2=O. The van der Waals surface area contributed by atoms with Crippen LogP contribution in [0.5, 0.6) is 5.75 Å². The van der Waals surface area contributed by atoms with Gasteiger partial charge >= 0.3 is 0 Å². The summed E-state index contributed by atoms with van der Waals surface area (Å²) in [4.78, 5) is 29.1. The van der Waals surface area contributed by atoms with E-state index in [1.54, 1.807) is 24.3 Å². The van der Waals surface area contributed by atoms with Gasteiger partial charge < -0.3 is 26.0 Å². The molecule has 1 atom stereocenters. The Hall–Kier alpha value is -1.34. The van der Waals surface area contributed by atoms with E-state index in [0.29, 0.717) is 40.6 Å². The summed E-state index contributed by atoms with van der Waals surface area (Å²) in [5.41, 5.74) is 2.79. The lowest BCUT2D eigenvalue weighted by Crippen LogP contribution is -2.30. The Morgan fingerprint density at radius 1 is 1.08 bits per heavy atom. The predicted molar refractivity (Wildman–Crippen MR) is 163 cm³/mol. The molecule has 1 saturated heterocycles. The molecule has 0 saturated carbocycles. The van der Waals surface area contributed by atoms with Crippen molar-refractivity contribution in [2.45, 2.75) is 19.0 Å². The number of hydrogen-bond donors (Lipinski definition) is 4. The summed E-state index contributed by atoms with van der Waals surface area (Å²) in [6, 6.07) is 7.24. The number of carbonyl (C=O) groups is 2. The van der Waals surface area contributed by atoms with Gasteiger partial charge in [-0.15, -0.1) is 62.3 Å². The average molecular weight is 707 g/mol. The van der Waals surface area contributed by atoms with Gasteiger partial charge in [0.15, 0.2) is 11.6 Å². The minimum atomic E-state index is -0.305. The number of aromatic hydroxyl groups is 1. The third-order valence-corrected chi connectivity index (χ3v) is 7.48. The largest absolute Gasteiger partial charge is 0.506 e. The molecule has 2 aliphatic rings. The molecular formula is C25H31Br3N4O3S. The molecule has 36 heavy (non-hydrogen) atoms. The van der Waals surface area contributed by atoms with Gasteiger partial charge in [0.2, 0.25) is 0 Å². The lowest BCUT2D eigenvalue weighted by atomic mass is 9.81. The number of ketones is 2. The molecule has 1 fully saturated rings. The fourth-order valence-corrected chi connectivity index (χ4v) is 5.74. The third-order valence-electron chi connectivity index (χ3n) is 6.44. The second-order valence-corrected chi connectivity index (χ2v) is 9.82. The number of phenolic OH excluding ortho intramolecular Hbond substituents is 1. The van der Waals surface area contributed by atoms with E-state index in [0.717, 1.165) is 37.0 Å². The van der Waals surface area contributed by atoms with Crippen molar-refractivity contribution in [3.8, 4) is 5.75 Å². The highest BCUT2D eigenvalue weighted by molar-refractivity contribution is 8.93. The minimum absolute atomic E-state index is 0. The summed E-state index contributed by atoms with van der Waals surface area (Å²) in [5.74, 6) is -0.625. The molecule has 1 aromatic heterocycles. The van der Waals surface area contributed by atoms with Crippen molar-refractivity contribution in [3.05, 3.63) is 57.5 Å². The number of benzene rings is 2. The highest BCUT2D eigenvalue weighted by Gasteiger charge is 2.36. The Labute approximate surface area is 246 Å². The number of phenols is 1. The van der Waals surface area contributed by atoms with Gasteiger partial charge in [0.05, 0.1) is 21.5 Å². The smallest absolute Gasteiger partial charge is 0.198 e. The van der Waals surface area contributed by atoms with Gasteiger partial charge in [-0.2, -0.15) is 0 Å². The molecular weight excluding hydrogens is 676 g/mol. The maximum atomic E-state index is 13.6. The number of carbonyl (C=O) groups excluding carboxylic acids is 2. The van der Waals surface area contributed by atoms with Gasteiger partial charge in [0, 0.05) is 48.7 Å². The van der Waals surface area contributed by atoms with Crippen molar-refractivity contribution in [1.82, 2.24) is 15.5 Å². The van der Waals surface area contributed by atoms with E-state index in [1.165, 1.54) is 11.3 Å². The quantitative estimate of drug-likeness (QED) is 0.210. The molecule has 4 N–H and O–H groups in total. The van der Waals surface area contributed by atoms with Crippen LogP contribution < -0.4 is 16.0 Å². The lowest BCUT2D eigenvalue weighted by molar-refractivity contribution is 0.0977. The van der Waals surface area contributed by atoms with E-state index in [4.69, 9.17) is 0 Å². The van der Waals surface area contributed by atoms with Crippen LogP contribution in [0.3, 0.4) is 0 Å². The lowest BCUT2D eigenvalue weighted by Gasteiger charge is -2.24. The van der Waals surface area contributed by atoms with Crippen molar-refractivity contribution in [2.75, 3.05) is 45.6 Å². The van der Waals surface area contributed by atoms with E-state index < -0.39 is 0 Å². The second kappa shape index (κ2) is 12.9. The van der Waals surface area contributed by atoms with E-state index >= 15 is 0 Å². The van der Waals surface area contributed by atoms with Crippen LogP contribution in [0.4, 0.5) is 5.69 Å². The molecule has 2 aromatic carbocycles. The summed E-state index contributed by atoms with van der Waals surface area (Å²) in [6.45, 7) is 3.94. The first-order valence-electron chi connectivity index (χ1n) is 11.3. The number of nitrogens with one attached hydrogen (secondary N) is 3. The number of thiophene rings is 1. The van der Waals surface area contributed by atoms with Gasteiger partial charge in [-0.05, 0) is 38.0 Å². The van der Waals surface area contributed by atoms with Gasteiger partial charge in [0.1, 0.15) is 5.75 Å². The van der Waals surface area contributed by atoms with Gasteiger partial charge in [-0.1, -0.05) is 24.3 Å². The molecule has 1 aliphatic carbocycles. The number of halogens is 3. The zero-order valence-electron chi connectivity index (χ0n) is 20.1.